The molecule has 1 fully saturated rings. The summed E-state index contributed by atoms with van der Waals surface area (Å²) in [6, 6.07) is 5.75. The summed E-state index contributed by atoms with van der Waals surface area (Å²) in [6.45, 7) is 2.35. The van der Waals surface area contributed by atoms with Gasteiger partial charge in [0.05, 0.1) is 24.5 Å². The highest BCUT2D eigenvalue weighted by Crippen LogP contribution is 2.35. The molecule has 0 aromatic heterocycles. The highest BCUT2D eigenvalue weighted by atomic mass is 16.6. The van der Waals surface area contributed by atoms with Gasteiger partial charge in [-0.2, -0.15) is 0 Å². The minimum atomic E-state index is -0.348. The van der Waals surface area contributed by atoms with Crippen molar-refractivity contribution >= 4 is 17.5 Å². The summed E-state index contributed by atoms with van der Waals surface area (Å²) in [5.74, 6) is 0.801. The van der Waals surface area contributed by atoms with Gasteiger partial charge >= 0.3 is 6.09 Å². The fraction of sp³-hybridized carbons (Fsp3) is 0.462. The van der Waals surface area contributed by atoms with E-state index in [2.05, 4.69) is 4.90 Å². The number of likely N-dealkylation sites (N-methyl/N-ethyl adjacent to an activating group) is 1. The molecule has 2 aliphatic rings. The van der Waals surface area contributed by atoms with Crippen molar-refractivity contribution in [3.05, 3.63) is 18.2 Å². The first-order valence-electron chi connectivity index (χ1n) is 6.35. The number of benzene rings is 1. The Balaban J connectivity index is 1.88. The first-order chi connectivity index (χ1) is 9.19. The molecule has 102 valence electrons. The lowest BCUT2D eigenvalue weighted by atomic mass is 10.2. The third kappa shape index (κ3) is 2.08. The molecule has 1 aromatic carbocycles. The summed E-state index contributed by atoms with van der Waals surface area (Å²) in [7, 11) is 2.02. The van der Waals surface area contributed by atoms with E-state index in [1.54, 1.807) is 4.90 Å². The second kappa shape index (κ2) is 4.62. The van der Waals surface area contributed by atoms with Crippen LogP contribution in [0.15, 0.2) is 18.2 Å². The SMILES string of the molecule is CN1CCOc2cc(N3CC(CN)OC3=O)ccc21. The van der Waals surface area contributed by atoms with Crippen LogP contribution in [0.4, 0.5) is 16.2 Å². The molecule has 1 saturated heterocycles. The van der Waals surface area contributed by atoms with Gasteiger partial charge in [-0.25, -0.2) is 4.79 Å². The lowest BCUT2D eigenvalue weighted by molar-refractivity contribution is 0.145. The Labute approximate surface area is 111 Å². The summed E-state index contributed by atoms with van der Waals surface area (Å²) in [5.41, 5.74) is 7.36. The number of carbonyl (C=O) groups excluding carboxylic acids is 1. The average molecular weight is 263 g/mol. The van der Waals surface area contributed by atoms with Crippen molar-refractivity contribution in [2.24, 2.45) is 5.73 Å². The maximum absolute atomic E-state index is 11.8. The number of cyclic esters (lactones) is 1. The van der Waals surface area contributed by atoms with Gasteiger partial charge in [-0.15, -0.1) is 0 Å². The van der Waals surface area contributed by atoms with Gasteiger partial charge in [0.25, 0.3) is 0 Å². The highest BCUT2D eigenvalue weighted by molar-refractivity contribution is 5.90. The zero-order valence-electron chi connectivity index (χ0n) is 10.8. The first-order valence-corrected chi connectivity index (χ1v) is 6.35. The molecule has 1 aromatic rings. The van der Waals surface area contributed by atoms with E-state index in [0.717, 1.165) is 23.7 Å². The topological polar surface area (TPSA) is 68.0 Å². The van der Waals surface area contributed by atoms with Crippen molar-refractivity contribution in [1.29, 1.82) is 0 Å². The Morgan fingerprint density at radius 2 is 2.32 bits per heavy atom. The Bertz CT molecular complexity index is 506. The van der Waals surface area contributed by atoms with Crippen molar-refractivity contribution in [1.82, 2.24) is 0 Å². The molecule has 19 heavy (non-hydrogen) atoms. The van der Waals surface area contributed by atoms with Crippen LogP contribution in [0.3, 0.4) is 0 Å². The quantitative estimate of drug-likeness (QED) is 0.854. The molecule has 1 atom stereocenters. The normalized spacial score (nSPS) is 22.0. The number of rotatable bonds is 2. The van der Waals surface area contributed by atoms with Crippen molar-refractivity contribution in [2.45, 2.75) is 6.10 Å². The van der Waals surface area contributed by atoms with Gasteiger partial charge in [0, 0.05) is 19.7 Å². The predicted molar refractivity (Wildman–Crippen MR) is 71.9 cm³/mol. The molecular weight excluding hydrogens is 246 g/mol. The summed E-state index contributed by atoms with van der Waals surface area (Å²) in [5, 5.41) is 0. The molecule has 1 unspecified atom stereocenters. The molecule has 0 saturated carbocycles. The molecule has 6 nitrogen and oxygen atoms in total. The fourth-order valence-electron chi connectivity index (χ4n) is 2.37. The number of carbonyl (C=O) groups is 1. The lowest BCUT2D eigenvalue weighted by Gasteiger charge is -2.28. The molecule has 6 heteroatoms. The van der Waals surface area contributed by atoms with E-state index in [4.69, 9.17) is 15.2 Å². The third-order valence-corrected chi connectivity index (χ3v) is 3.49. The predicted octanol–water partition coefficient (Wildman–Crippen LogP) is 0.799. The molecule has 1 amide bonds. The van der Waals surface area contributed by atoms with Crippen LogP contribution >= 0.6 is 0 Å². The van der Waals surface area contributed by atoms with Crippen LogP contribution < -0.4 is 20.3 Å². The van der Waals surface area contributed by atoms with E-state index in [1.165, 1.54) is 0 Å². The molecular formula is C13H17N3O3. The van der Waals surface area contributed by atoms with E-state index in [-0.39, 0.29) is 12.2 Å². The fourth-order valence-corrected chi connectivity index (χ4v) is 2.37. The van der Waals surface area contributed by atoms with Crippen LogP contribution in [0.25, 0.3) is 0 Å². The monoisotopic (exact) mass is 263 g/mol. The number of ether oxygens (including phenoxy) is 2. The maximum atomic E-state index is 11.8. The van der Waals surface area contributed by atoms with Gasteiger partial charge in [0.2, 0.25) is 0 Å². The Hall–Kier alpha value is -1.95. The van der Waals surface area contributed by atoms with E-state index in [1.807, 2.05) is 25.2 Å². The number of hydrogen-bond donors (Lipinski definition) is 1. The van der Waals surface area contributed by atoms with Gasteiger partial charge in [-0.3, -0.25) is 4.90 Å². The van der Waals surface area contributed by atoms with Gasteiger partial charge in [0.15, 0.2) is 0 Å². The van der Waals surface area contributed by atoms with Crippen LogP contribution in [-0.4, -0.2) is 45.5 Å². The van der Waals surface area contributed by atoms with Crippen molar-refractivity contribution in [2.75, 3.05) is 43.1 Å². The van der Waals surface area contributed by atoms with Crippen LogP contribution in [0.1, 0.15) is 0 Å². The molecule has 2 N–H and O–H groups in total. The minimum absolute atomic E-state index is 0.230. The summed E-state index contributed by atoms with van der Waals surface area (Å²) < 4.78 is 10.8. The van der Waals surface area contributed by atoms with E-state index >= 15 is 0 Å². The number of fused-ring (bicyclic) bond motifs is 1. The second-order valence-corrected chi connectivity index (χ2v) is 4.77. The molecule has 0 aliphatic carbocycles. The summed E-state index contributed by atoms with van der Waals surface area (Å²) >= 11 is 0. The molecule has 2 aliphatic heterocycles. The molecule has 2 heterocycles. The zero-order chi connectivity index (χ0) is 13.4. The van der Waals surface area contributed by atoms with Crippen LogP contribution in [0.5, 0.6) is 5.75 Å². The Morgan fingerprint density at radius 1 is 1.47 bits per heavy atom. The number of nitrogens with two attached hydrogens (primary N) is 1. The Kier molecular flexibility index (Phi) is 2.94. The van der Waals surface area contributed by atoms with E-state index < -0.39 is 0 Å². The van der Waals surface area contributed by atoms with Gasteiger partial charge < -0.3 is 20.1 Å². The smallest absolute Gasteiger partial charge is 0.414 e. The molecule has 3 rings (SSSR count). The maximum Gasteiger partial charge on any atom is 0.414 e. The average Bonchev–Trinajstić information content (AvgIpc) is 2.80. The van der Waals surface area contributed by atoms with Crippen molar-refractivity contribution in [3.8, 4) is 5.75 Å². The highest BCUT2D eigenvalue weighted by Gasteiger charge is 2.32. The summed E-state index contributed by atoms with van der Waals surface area (Å²) in [6.07, 6.45) is -0.577. The molecule has 0 radical (unpaired) electrons. The Morgan fingerprint density at radius 3 is 3.05 bits per heavy atom. The number of hydrogen-bond acceptors (Lipinski definition) is 5. The molecule has 0 bridgehead atoms. The second-order valence-electron chi connectivity index (χ2n) is 4.77. The third-order valence-electron chi connectivity index (χ3n) is 3.49. The number of nitrogens with zero attached hydrogens (tertiary/aromatic N) is 2. The van der Waals surface area contributed by atoms with Crippen molar-refractivity contribution < 1.29 is 14.3 Å². The first kappa shape index (κ1) is 12.1. The summed E-state index contributed by atoms with van der Waals surface area (Å²) in [4.78, 5) is 15.5. The van der Waals surface area contributed by atoms with Gasteiger partial charge in [-0.1, -0.05) is 0 Å². The zero-order valence-corrected chi connectivity index (χ0v) is 10.8. The van der Waals surface area contributed by atoms with Crippen LogP contribution in [0, 0.1) is 0 Å². The lowest BCUT2D eigenvalue weighted by Crippen LogP contribution is -2.30. The van der Waals surface area contributed by atoms with Crippen LogP contribution in [0.2, 0.25) is 0 Å². The molecule has 0 spiro atoms. The number of amides is 1. The minimum Gasteiger partial charge on any atom is -0.489 e. The van der Waals surface area contributed by atoms with Gasteiger partial charge in [-0.05, 0) is 12.1 Å². The van der Waals surface area contributed by atoms with Gasteiger partial charge in [0.1, 0.15) is 18.5 Å². The van der Waals surface area contributed by atoms with E-state index in [9.17, 15) is 4.79 Å². The van der Waals surface area contributed by atoms with Crippen molar-refractivity contribution in [3.63, 3.8) is 0 Å². The standard InChI is InChI=1S/C13H17N3O3/c1-15-4-5-18-12-6-9(2-3-11(12)15)16-8-10(7-14)19-13(16)17/h2-3,6,10H,4-5,7-8,14H2,1H3. The number of anilines is 2. The van der Waals surface area contributed by atoms with Crippen LogP contribution in [-0.2, 0) is 4.74 Å². The van der Waals surface area contributed by atoms with E-state index in [0.29, 0.717) is 19.7 Å². The largest absolute Gasteiger partial charge is 0.489 e.